The molecule has 0 spiro atoms. The van der Waals surface area contributed by atoms with Crippen molar-refractivity contribution in [2.75, 3.05) is 62.3 Å². The van der Waals surface area contributed by atoms with Gasteiger partial charge in [-0.15, -0.1) is 11.8 Å². The van der Waals surface area contributed by atoms with E-state index in [1.807, 2.05) is 49.4 Å². The van der Waals surface area contributed by atoms with Crippen LogP contribution >= 0.6 is 23.4 Å². The van der Waals surface area contributed by atoms with Crippen molar-refractivity contribution in [1.29, 1.82) is 0 Å². The summed E-state index contributed by atoms with van der Waals surface area (Å²) < 4.78 is 29.3. The molecular weight excluding hydrogens is 840 g/mol. The van der Waals surface area contributed by atoms with Crippen LogP contribution in [0.5, 0.6) is 0 Å². The summed E-state index contributed by atoms with van der Waals surface area (Å²) in [7, 11) is -2.06. The lowest BCUT2D eigenvalue weighted by Gasteiger charge is -2.36. The molecule has 11 nitrogen and oxygen atoms in total. The highest BCUT2D eigenvalue weighted by Crippen LogP contribution is 2.28. The van der Waals surface area contributed by atoms with Gasteiger partial charge in [0, 0.05) is 77.8 Å². The quantitative estimate of drug-likeness (QED) is 0.0245. The average molecular weight is 898 g/mol. The second-order valence-corrected chi connectivity index (χ2v) is 19.0. The third kappa shape index (κ3) is 13.8. The summed E-state index contributed by atoms with van der Waals surface area (Å²) in [6.07, 6.45) is 3.74. The molecule has 1 heterocycles. The standard InChI is InChI=1S/C48H57ClN6O5S2/c1-36-33-44(24-25-46(36)50-41(35-61-43-12-5-3-6-13-43)26-28-53(2)27-10-4-7-15-47(56)51-58)62(59,60)52-48(57)38-18-22-42(23-19-38)55-31-29-54(30-32-55)34-39-11-8-9-14-45(39)37-16-20-40(49)21-17-37/h3,5-6,8-9,11-14,16-25,33,41,50,58H,4,7,10,15,26-32,34-35H2,1-2H3,(H,51,56)(H,52,57)/t41-/m1/s1. The lowest BCUT2D eigenvalue weighted by atomic mass is 9.99. The predicted octanol–water partition coefficient (Wildman–Crippen LogP) is 8.72. The van der Waals surface area contributed by atoms with Crippen molar-refractivity contribution in [2.24, 2.45) is 0 Å². The van der Waals surface area contributed by atoms with Gasteiger partial charge < -0.3 is 15.1 Å². The summed E-state index contributed by atoms with van der Waals surface area (Å²) in [5.74, 6) is -0.237. The van der Waals surface area contributed by atoms with E-state index in [1.54, 1.807) is 41.5 Å². The molecule has 4 N–H and O–H groups in total. The number of aryl methyl sites for hydroxylation is 1. The fourth-order valence-electron chi connectivity index (χ4n) is 7.52. The Balaban J connectivity index is 1.00. The highest BCUT2D eigenvalue weighted by Gasteiger charge is 2.22. The first-order valence-corrected chi connectivity index (χ1v) is 24.0. The number of rotatable bonds is 21. The number of hydrogen-bond donors (Lipinski definition) is 4. The van der Waals surface area contributed by atoms with Gasteiger partial charge in [-0.1, -0.05) is 72.6 Å². The number of sulfonamides is 1. The molecule has 0 saturated carbocycles. The van der Waals surface area contributed by atoms with Gasteiger partial charge in [-0.25, -0.2) is 18.6 Å². The maximum absolute atomic E-state index is 13.5. The van der Waals surface area contributed by atoms with E-state index >= 15 is 0 Å². The third-order valence-corrected chi connectivity index (χ3v) is 13.9. The Morgan fingerprint density at radius 3 is 2.26 bits per heavy atom. The van der Waals surface area contributed by atoms with Gasteiger partial charge in [0.05, 0.1) is 4.90 Å². The van der Waals surface area contributed by atoms with Gasteiger partial charge in [-0.3, -0.25) is 19.7 Å². The highest BCUT2D eigenvalue weighted by molar-refractivity contribution is 7.99. The number of hydroxylamine groups is 1. The van der Waals surface area contributed by atoms with Crippen LogP contribution in [0.2, 0.25) is 5.02 Å². The van der Waals surface area contributed by atoms with E-state index in [9.17, 15) is 18.0 Å². The summed E-state index contributed by atoms with van der Waals surface area (Å²) in [4.78, 5) is 32.8. The lowest BCUT2D eigenvalue weighted by molar-refractivity contribution is -0.129. The Morgan fingerprint density at radius 2 is 1.55 bits per heavy atom. The number of nitrogens with one attached hydrogen (secondary N) is 3. The molecule has 1 atom stereocenters. The molecule has 0 aliphatic carbocycles. The van der Waals surface area contributed by atoms with E-state index in [1.165, 1.54) is 22.1 Å². The molecule has 1 aliphatic heterocycles. The van der Waals surface area contributed by atoms with Gasteiger partial charge >= 0.3 is 0 Å². The molecule has 328 valence electrons. The molecular formula is C48H57ClN6O5S2. The number of amides is 2. The smallest absolute Gasteiger partial charge is 0.264 e. The van der Waals surface area contributed by atoms with Crippen LogP contribution in [0.25, 0.3) is 11.1 Å². The largest absolute Gasteiger partial charge is 0.381 e. The van der Waals surface area contributed by atoms with Crippen molar-refractivity contribution in [3.05, 3.63) is 143 Å². The first kappa shape index (κ1) is 46.6. The zero-order valence-corrected chi connectivity index (χ0v) is 37.8. The third-order valence-electron chi connectivity index (χ3n) is 11.2. The monoisotopic (exact) mass is 896 g/mol. The fourth-order valence-corrected chi connectivity index (χ4v) is 9.70. The SMILES string of the molecule is Cc1cc(S(=O)(=O)NC(=O)c2ccc(N3CCN(Cc4ccccc4-c4ccc(Cl)cc4)CC3)cc2)ccc1N[C@H](CCN(C)CCCCCC(=O)NO)CSc1ccccc1. The van der Waals surface area contributed by atoms with E-state index in [4.69, 9.17) is 16.8 Å². The van der Waals surface area contributed by atoms with Gasteiger partial charge in [0.15, 0.2) is 0 Å². The maximum atomic E-state index is 13.5. The van der Waals surface area contributed by atoms with Crippen LogP contribution in [-0.2, 0) is 21.4 Å². The predicted molar refractivity (Wildman–Crippen MR) is 252 cm³/mol. The summed E-state index contributed by atoms with van der Waals surface area (Å²) >= 11 is 7.90. The first-order chi connectivity index (χ1) is 30.0. The summed E-state index contributed by atoms with van der Waals surface area (Å²) in [5.41, 5.74) is 8.13. The number of nitrogens with zero attached hydrogens (tertiary/aromatic N) is 3. The summed E-state index contributed by atoms with van der Waals surface area (Å²) in [6, 6.07) is 38.8. The lowest BCUT2D eigenvalue weighted by Crippen LogP contribution is -2.46. The van der Waals surface area contributed by atoms with Crippen LogP contribution in [0.1, 0.15) is 53.6 Å². The van der Waals surface area contributed by atoms with Crippen LogP contribution in [0, 0.1) is 6.92 Å². The average Bonchev–Trinajstić information content (AvgIpc) is 3.28. The van der Waals surface area contributed by atoms with E-state index < -0.39 is 15.9 Å². The first-order valence-electron chi connectivity index (χ1n) is 21.1. The fraction of sp³-hybridized carbons (Fsp3) is 0.333. The van der Waals surface area contributed by atoms with E-state index in [0.717, 1.165) is 105 Å². The molecule has 6 rings (SSSR count). The molecule has 0 aromatic heterocycles. The van der Waals surface area contributed by atoms with Crippen LogP contribution in [0.4, 0.5) is 11.4 Å². The Bertz CT molecular complexity index is 2330. The molecule has 0 unspecified atom stereocenters. The number of piperazine rings is 1. The molecule has 5 aromatic rings. The molecule has 5 aromatic carbocycles. The minimum absolute atomic E-state index is 0.0191. The Labute approximate surface area is 375 Å². The molecule has 14 heteroatoms. The zero-order chi connectivity index (χ0) is 43.9. The summed E-state index contributed by atoms with van der Waals surface area (Å²) in [5, 5.41) is 13.1. The van der Waals surface area contributed by atoms with Crippen LogP contribution < -0.4 is 20.4 Å². The topological polar surface area (TPSA) is 134 Å². The van der Waals surface area contributed by atoms with Gasteiger partial charge in [0.2, 0.25) is 5.91 Å². The minimum Gasteiger partial charge on any atom is -0.381 e. The van der Waals surface area contributed by atoms with E-state index in [2.05, 4.69) is 80.3 Å². The van der Waals surface area contributed by atoms with Crippen LogP contribution in [-0.4, -0.2) is 93.4 Å². The van der Waals surface area contributed by atoms with Crippen molar-refractivity contribution in [3.8, 4) is 11.1 Å². The van der Waals surface area contributed by atoms with Crippen molar-refractivity contribution in [3.63, 3.8) is 0 Å². The zero-order valence-electron chi connectivity index (χ0n) is 35.4. The highest BCUT2D eigenvalue weighted by atomic mass is 35.5. The van der Waals surface area contributed by atoms with Crippen molar-refractivity contribution in [1.82, 2.24) is 20.0 Å². The molecule has 1 fully saturated rings. The number of anilines is 2. The number of carbonyl (C=O) groups is 2. The van der Waals surface area contributed by atoms with E-state index in [-0.39, 0.29) is 22.4 Å². The molecule has 0 bridgehead atoms. The Hall–Kier alpha value is -4.89. The van der Waals surface area contributed by atoms with Gasteiger partial charge in [0.25, 0.3) is 15.9 Å². The minimum atomic E-state index is -4.14. The number of halogens is 1. The van der Waals surface area contributed by atoms with Gasteiger partial charge in [0.1, 0.15) is 0 Å². The number of thioether (sulfide) groups is 1. The number of carbonyl (C=O) groups excluding carboxylic acids is 2. The maximum Gasteiger partial charge on any atom is 0.264 e. The molecule has 2 amide bonds. The van der Waals surface area contributed by atoms with Crippen LogP contribution in [0.3, 0.4) is 0 Å². The van der Waals surface area contributed by atoms with Crippen LogP contribution in [0.15, 0.2) is 131 Å². The second kappa shape index (κ2) is 23.0. The van der Waals surface area contributed by atoms with E-state index in [0.29, 0.717) is 6.42 Å². The molecule has 1 aliphatic rings. The summed E-state index contributed by atoms with van der Waals surface area (Å²) in [6.45, 7) is 7.86. The molecule has 0 radical (unpaired) electrons. The second-order valence-electron chi connectivity index (χ2n) is 15.8. The van der Waals surface area contributed by atoms with Crippen molar-refractivity contribution < 1.29 is 23.2 Å². The Kier molecular flexibility index (Phi) is 17.3. The normalized spacial score (nSPS) is 13.8. The molecule has 62 heavy (non-hydrogen) atoms. The Morgan fingerprint density at radius 1 is 0.839 bits per heavy atom. The number of benzene rings is 5. The van der Waals surface area contributed by atoms with Crippen molar-refractivity contribution >= 4 is 56.6 Å². The van der Waals surface area contributed by atoms with Gasteiger partial charge in [-0.2, -0.15) is 0 Å². The van der Waals surface area contributed by atoms with Crippen molar-refractivity contribution in [2.45, 2.75) is 61.4 Å². The van der Waals surface area contributed by atoms with Gasteiger partial charge in [-0.05, 0) is 135 Å². The number of unbranched alkanes of at least 4 members (excludes halogenated alkanes) is 2. The number of hydrogen-bond acceptors (Lipinski definition) is 10. The molecule has 1 saturated heterocycles.